The Labute approximate surface area is 493 Å². The molecule has 5 amide bonds. The maximum Gasteiger partial charge on any atom is 0.388 e. The number of nitrogens with one attached hydrogen (secondary N) is 4. The van der Waals surface area contributed by atoms with Gasteiger partial charge in [-0.25, -0.2) is 37.2 Å². The Hall–Kier alpha value is -9.82. The summed E-state index contributed by atoms with van der Waals surface area (Å²) >= 11 is 5.94. The molecule has 470 valence electrons. The number of aromatic carboxylic acids is 1. The number of hydrogen-bond donors (Lipinski definition) is 9. The number of pyridine rings is 1. The molecule has 0 saturated carbocycles. The maximum atomic E-state index is 12.5. The van der Waals surface area contributed by atoms with Crippen molar-refractivity contribution in [1.29, 1.82) is 0 Å². The van der Waals surface area contributed by atoms with Gasteiger partial charge in [-0.3, -0.25) is 34.9 Å². The zero-order chi connectivity index (χ0) is 65.6. The first kappa shape index (κ1) is 71.4. The number of halogens is 5. The highest BCUT2D eigenvalue weighted by atomic mass is 35.5. The van der Waals surface area contributed by atoms with Crippen molar-refractivity contribution < 1.29 is 107 Å². The van der Waals surface area contributed by atoms with Gasteiger partial charge in [0.1, 0.15) is 33.1 Å². The number of rotatable bonds is 21. The zero-order valence-electron chi connectivity index (χ0n) is 45.1. The van der Waals surface area contributed by atoms with Crippen molar-refractivity contribution >= 4 is 92.2 Å². The van der Waals surface area contributed by atoms with Crippen LogP contribution in [0, 0.1) is 10.1 Å². The molecule has 0 aliphatic carbocycles. The Kier molecular flexibility index (Phi) is 26.7. The van der Waals surface area contributed by atoms with E-state index in [4.69, 9.17) is 52.4 Å². The number of sulfonamides is 2. The summed E-state index contributed by atoms with van der Waals surface area (Å²) in [4.78, 5) is 94.7. The average Bonchev–Trinajstić information content (AvgIpc) is 1.30. The third-order valence-corrected chi connectivity index (χ3v) is 13.8. The minimum Gasteiger partial charge on any atom is -0.481 e. The second-order valence-electron chi connectivity index (χ2n) is 16.4. The van der Waals surface area contributed by atoms with Crippen LogP contribution in [0.3, 0.4) is 0 Å². The van der Waals surface area contributed by atoms with Gasteiger partial charge in [-0.15, -0.1) is 0 Å². The molecule has 0 radical (unpaired) electrons. The fourth-order valence-corrected chi connectivity index (χ4v) is 8.94. The Morgan fingerprint density at radius 1 is 0.759 bits per heavy atom. The number of nitrogens with two attached hydrogens (primary N) is 2. The number of urea groups is 2. The molecule has 2 atom stereocenters. The van der Waals surface area contributed by atoms with Crippen LogP contribution in [0.1, 0.15) is 27.1 Å². The Balaban J connectivity index is 0.000000321. The van der Waals surface area contributed by atoms with Crippen molar-refractivity contribution in [3.63, 3.8) is 0 Å². The van der Waals surface area contributed by atoms with Crippen LogP contribution in [0.4, 0.5) is 50.4 Å². The van der Waals surface area contributed by atoms with Crippen molar-refractivity contribution in [2.24, 2.45) is 5.73 Å². The van der Waals surface area contributed by atoms with Gasteiger partial charge in [0, 0.05) is 39.2 Å². The van der Waals surface area contributed by atoms with Gasteiger partial charge in [0.25, 0.3) is 31.6 Å². The summed E-state index contributed by atoms with van der Waals surface area (Å²) in [6, 6.07) is 16.7. The number of para-hydroxylation sites is 1. The quantitative estimate of drug-likeness (QED) is 0.0145. The molecule has 3 aromatic carbocycles. The number of aliphatic carboxylic acids is 1. The van der Waals surface area contributed by atoms with Gasteiger partial charge in [-0.2, -0.15) is 45.9 Å². The summed E-state index contributed by atoms with van der Waals surface area (Å²) in [5.74, 6) is -5.40. The molecule has 3 heterocycles. The lowest BCUT2D eigenvalue weighted by Gasteiger charge is -2.14. The predicted molar refractivity (Wildman–Crippen MR) is 295 cm³/mol. The fraction of sp³-hybridized carbons (Fsp3) is 0.217. The molecule has 0 bridgehead atoms. The number of hydrogen-bond acceptors (Lipinski definition) is 24. The number of carboxylic acid groups (broad SMARTS) is 2. The van der Waals surface area contributed by atoms with Crippen LogP contribution in [0.2, 0.25) is 5.02 Å². The van der Waals surface area contributed by atoms with E-state index in [2.05, 4.69) is 39.7 Å². The van der Waals surface area contributed by atoms with Crippen molar-refractivity contribution in [3.8, 4) is 35.0 Å². The number of carboxylic acids is 2. The van der Waals surface area contributed by atoms with Gasteiger partial charge in [-0.1, -0.05) is 41.9 Å². The predicted octanol–water partition coefficient (Wildman–Crippen LogP) is 5.30. The number of methoxy groups -OCH3 is 2. The SMILES string of the molecule is COc1cc(OC)nc(NC(=O)NS(=O)(=O)c2ncccc2C(=O)N(C)C)n1.CP(=O)(O)CCC(N)C(=O)O.Nc1c([N+](=O)[O-])ccc(Oc2ccccc2)c1Cl.O=C(Nc1nc(OC(F)F)cc(OC(F)F)n1)NS(=O)(=O)c1ccccc1C(=O)O. The van der Waals surface area contributed by atoms with E-state index in [0.717, 1.165) is 12.1 Å². The first-order valence-corrected chi connectivity index (χ1v) is 28.9. The monoisotopic (exact) mass is 1310 g/mol. The number of nitrogens with zero attached hydrogens (tertiary/aromatic N) is 7. The van der Waals surface area contributed by atoms with Gasteiger partial charge >= 0.3 is 37.2 Å². The number of ether oxygens (including phenoxy) is 5. The van der Waals surface area contributed by atoms with Gasteiger partial charge in [-0.05, 0) is 48.9 Å². The van der Waals surface area contributed by atoms with Crippen molar-refractivity contribution in [2.45, 2.75) is 35.6 Å². The Bertz CT molecular complexity index is 3670. The molecule has 2 unspecified atom stereocenters. The number of carbonyl (C=O) groups excluding carboxylic acids is 3. The molecule has 3 aromatic heterocycles. The summed E-state index contributed by atoms with van der Waals surface area (Å²) in [6.07, 6.45) is 1.19. The van der Waals surface area contributed by atoms with E-state index in [-0.39, 0.29) is 58.0 Å². The number of nitro benzene ring substituents is 1. The molecule has 6 rings (SSSR count). The lowest BCUT2D eigenvalue weighted by atomic mass is 10.2. The van der Waals surface area contributed by atoms with Crippen molar-refractivity contribution in [3.05, 3.63) is 123 Å². The molecular formula is C46H49ClF4N13O20PS2. The van der Waals surface area contributed by atoms with E-state index in [1.54, 1.807) is 34.3 Å². The van der Waals surface area contributed by atoms with E-state index in [0.29, 0.717) is 11.8 Å². The molecule has 0 spiro atoms. The first-order valence-electron chi connectivity index (χ1n) is 23.2. The summed E-state index contributed by atoms with van der Waals surface area (Å²) in [7, 11) is -6.67. The van der Waals surface area contributed by atoms with Gasteiger partial charge in [0.15, 0.2) is 12.4 Å². The zero-order valence-corrected chi connectivity index (χ0v) is 48.4. The van der Waals surface area contributed by atoms with E-state index < -0.39 is 115 Å². The molecule has 41 heteroatoms. The van der Waals surface area contributed by atoms with Crippen molar-refractivity contribution in [2.75, 3.05) is 57.5 Å². The number of aromatic nitrogens is 5. The van der Waals surface area contributed by atoms with Crippen LogP contribution in [0.25, 0.3) is 0 Å². The van der Waals surface area contributed by atoms with Crippen LogP contribution in [-0.2, 0) is 29.4 Å². The molecule has 6 aromatic rings. The second-order valence-corrected chi connectivity index (χ2v) is 22.5. The number of nitro groups is 1. The standard InChI is InChI=1S/C15H18N6O6S.C14H10F4N4O7S.C12H9ClN2O3.C5H12NO4P/c1-21(2)13(22)9-6-5-7-16-12(9)28(24,25)20-15(23)19-14-17-10(26-3)8-11(18-14)27-4;15-11(16)28-8-5-9(29-12(17)18)20-13(19-8)21-14(25)22-30(26,27)7-4-2-1-3-6(7)10(23)24;13-11-10(18-8-4-2-1-3-5-8)7-6-9(12(11)14)15(16)17;1-11(9,10)3-2-4(6)5(7)8/h5-8H,1-4H3,(H2,17,18,19,20,23);1-5,11-12H,(H,23,24)(H2,19,20,21,22,25);1-7H,14H2;4H,2-3,6H2,1H3,(H,7,8)(H,9,10). The van der Waals surface area contributed by atoms with Crippen LogP contribution < -0.4 is 55.2 Å². The van der Waals surface area contributed by atoms with E-state index >= 15 is 0 Å². The Morgan fingerprint density at radius 2 is 1.24 bits per heavy atom. The second kappa shape index (κ2) is 32.5. The lowest BCUT2D eigenvalue weighted by molar-refractivity contribution is -0.383. The summed E-state index contributed by atoms with van der Waals surface area (Å²) in [5, 5.41) is 31.3. The van der Waals surface area contributed by atoms with Crippen LogP contribution in [0.5, 0.6) is 35.0 Å². The van der Waals surface area contributed by atoms with Gasteiger partial charge in [0.2, 0.25) is 35.4 Å². The molecule has 0 fully saturated rings. The van der Waals surface area contributed by atoms with Crippen LogP contribution >= 0.6 is 19.0 Å². The fourth-order valence-electron chi connectivity index (χ4n) is 5.84. The normalized spacial score (nSPS) is 11.8. The molecule has 87 heavy (non-hydrogen) atoms. The minimum absolute atomic E-state index is 0.0352. The van der Waals surface area contributed by atoms with Crippen molar-refractivity contribution in [1.82, 2.24) is 39.3 Å². The van der Waals surface area contributed by atoms with E-state index in [9.17, 15) is 73.0 Å². The number of carbonyl (C=O) groups is 5. The van der Waals surface area contributed by atoms with Crippen LogP contribution in [-0.4, -0.2) is 157 Å². The van der Waals surface area contributed by atoms with Gasteiger partial charge < -0.3 is 55.2 Å². The molecule has 11 N–H and O–H groups in total. The van der Waals surface area contributed by atoms with Gasteiger partial charge in [0.05, 0.1) is 42.4 Å². The molecular weight excluding hydrogens is 1260 g/mol. The maximum absolute atomic E-state index is 12.5. The highest BCUT2D eigenvalue weighted by Crippen LogP contribution is 2.39. The molecule has 0 aliphatic rings. The third-order valence-electron chi connectivity index (χ3n) is 9.63. The number of nitrogen functional groups attached to an aromatic ring is 1. The summed E-state index contributed by atoms with van der Waals surface area (Å²) in [5.41, 5.74) is 9.51. The minimum atomic E-state index is -4.71. The molecule has 33 nitrogen and oxygen atoms in total. The topological polar surface area (TPSA) is 489 Å². The van der Waals surface area contributed by atoms with E-state index in [1.807, 2.05) is 6.07 Å². The summed E-state index contributed by atoms with van der Waals surface area (Å²) in [6.45, 7) is -5.63. The number of anilines is 3. The lowest BCUT2D eigenvalue weighted by Crippen LogP contribution is -2.36. The largest absolute Gasteiger partial charge is 0.481 e. The summed E-state index contributed by atoms with van der Waals surface area (Å²) < 4.78 is 136. The first-order chi connectivity index (χ1) is 40.6. The number of alkyl halides is 4. The third kappa shape index (κ3) is 23.6. The molecule has 0 aliphatic heterocycles. The smallest absolute Gasteiger partial charge is 0.388 e. The highest BCUT2D eigenvalue weighted by molar-refractivity contribution is 7.90. The van der Waals surface area contributed by atoms with E-state index in [1.165, 1.54) is 93.3 Å². The number of benzene rings is 3. The number of amides is 5. The average molecular weight is 1310 g/mol. The Morgan fingerprint density at radius 3 is 1.71 bits per heavy atom. The molecule has 0 saturated heterocycles. The highest BCUT2D eigenvalue weighted by Gasteiger charge is 2.28. The van der Waals surface area contributed by atoms with Crippen LogP contribution in [0.15, 0.2) is 107 Å².